The Morgan fingerprint density at radius 3 is 2.67 bits per heavy atom. The number of aryl methyl sites for hydroxylation is 1. The molecule has 1 saturated heterocycles. The van der Waals surface area contributed by atoms with Crippen molar-refractivity contribution in [1.82, 2.24) is 14.8 Å². The molecule has 2 heterocycles. The number of nitrogens with zero attached hydrogens (tertiary/aromatic N) is 4. The first-order chi connectivity index (χ1) is 11.5. The third-order valence-corrected chi connectivity index (χ3v) is 5.03. The molecule has 3 rings (SSSR count). The summed E-state index contributed by atoms with van der Waals surface area (Å²) >= 11 is 6.27. The van der Waals surface area contributed by atoms with E-state index in [1.807, 2.05) is 42.1 Å². The summed E-state index contributed by atoms with van der Waals surface area (Å²) in [5, 5.41) is 12.3. The molecule has 24 heavy (non-hydrogen) atoms. The predicted molar refractivity (Wildman–Crippen MR) is 98.0 cm³/mol. The van der Waals surface area contributed by atoms with E-state index in [-0.39, 0.29) is 0 Å². The molecule has 1 aliphatic heterocycles. The maximum Gasteiger partial charge on any atom is 0.0964 e. The van der Waals surface area contributed by atoms with Gasteiger partial charge in [0.2, 0.25) is 0 Å². The van der Waals surface area contributed by atoms with Crippen molar-refractivity contribution < 1.29 is 4.90 Å². The lowest BCUT2D eigenvalue weighted by molar-refractivity contribution is -0.884. The van der Waals surface area contributed by atoms with Gasteiger partial charge in [0.15, 0.2) is 0 Å². The van der Waals surface area contributed by atoms with Crippen LogP contribution in [0.3, 0.4) is 0 Å². The molecule has 0 amide bonds. The second-order valence-corrected chi connectivity index (χ2v) is 6.90. The van der Waals surface area contributed by atoms with Gasteiger partial charge >= 0.3 is 0 Å². The van der Waals surface area contributed by atoms with Crippen molar-refractivity contribution in [3.8, 4) is 0 Å². The summed E-state index contributed by atoms with van der Waals surface area (Å²) in [4.78, 5) is 1.57. The molecule has 1 aromatic carbocycles. The molecule has 0 spiro atoms. The third kappa shape index (κ3) is 3.79. The second-order valence-electron chi connectivity index (χ2n) is 6.49. The molecule has 0 aliphatic carbocycles. The molecule has 1 N–H and O–H groups in total. The van der Waals surface area contributed by atoms with Crippen LogP contribution >= 0.6 is 11.6 Å². The lowest BCUT2D eigenvalue weighted by atomic mass is 10.2. The number of rotatable bonds is 4. The van der Waals surface area contributed by atoms with Crippen LogP contribution in [0.5, 0.6) is 0 Å². The molecule has 1 aliphatic rings. The van der Waals surface area contributed by atoms with E-state index in [0.29, 0.717) is 6.54 Å². The zero-order chi connectivity index (χ0) is 17.1. The van der Waals surface area contributed by atoms with E-state index >= 15 is 0 Å². The van der Waals surface area contributed by atoms with Crippen LogP contribution in [-0.2, 0) is 6.54 Å². The number of quaternary nitrogens is 1. The summed E-state index contributed by atoms with van der Waals surface area (Å²) in [6.45, 7) is 9.10. The van der Waals surface area contributed by atoms with Gasteiger partial charge in [0.1, 0.15) is 0 Å². The van der Waals surface area contributed by atoms with Gasteiger partial charge in [-0.15, -0.1) is 0 Å². The summed E-state index contributed by atoms with van der Waals surface area (Å²) in [5.74, 6) is 0. The minimum atomic E-state index is 0.679. The smallest absolute Gasteiger partial charge is 0.0964 e. The average molecular weight is 347 g/mol. The molecule has 128 valence electrons. The standard InChI is InChI=1S/C18H24ClN5/c1-14-17(12-20-23-10-8-22(3)9-11-23)15(2)24(21-14)13-16-6-4-5-7-18(16)19/h4-7,12H,8-11,13H2,1-3H3/p+1/b20-12-. The van der Waals surface area contributed by atoms with Gasteiger partial charge < -0.3 is 4.90 Å². The van der Waals surface area contributed by atoms with E-state index in [0.717, 1.165) is 53.7 Å². The normalized spacial score (nSPS) is 16.2. The Balaban J connectivity index is 1.76. The minimum Gasteiger partial charge on any atom is -0.334 e. The van der Waals surface area contributed by atoms with Gasteiger partial charge in [-0.3, -0.25) is 9.69 Å². The van der Waals surface area contributed by atoms with Crippen molar-refractivity contribution >= 4 is 17.8 Å². The lowest BCUT2D eigenvalue weighted by Gasteiger charge is -2.27. The topological polar surface area (TPSA) is 37.9 Å². The second kappa shape index (κ2) is 7.36. The van der Waals surface area contributed by atoms with E-state index in [4.69, 9.17) is 11.6 Å². The van der Waals surface area contributed by atoms with Crippen molar-refractivity contribution in [2.75, 3.05) is 33.2 Å². The largest absolute Gasteiger partial charge is 0.334 e. The summed E-state index contributed by atoms with van der Waals surface area (Å²) in [6, 6.07) is 7.91. The number of halogens is 1. The van der Waals surface area contributed by atoms with Crippen molar-refractivity contribution in [1.29, 1.82) is 0 Å². The van der Waals surface area contributed by atoms with E-state index in [1.165, 1.54) is 0 Å². The molecule has 1 aromatic heterocycles. The average Bonchev–Trinajstić information content (AvgIpc) is 2.83. The molecule has 0 bridgehead atoms. The molecule has 0 atom stereocenters. The maximum atomic E-state index is 6.27. The summed E-state index contributed by atoms with van der Waals surface area (Å²) in [6.07, 6.45) is 1.96. The molecule has 5 nitrogen and oxygen atoms in total. The predicted octanol–water partition coefficient (Wildman–Crippen LogP) is 1.37. The van der Waals surface area contributed by atoms with Crippen LogP contribution in [0.25, 0.3) is 0 Å². The van der Waals surface area contributed by atoms with E-state index in [2.05, 4.69) is 29.2 Å². The summed E-state index contributed by atoms with van der Waals surface area (Å²) < 4.78 is 2.01. The quantitative estimate of drug-likeness (QED) is 0.849. The van der Waals surface area contributed by atoms with Crippen LogP contribution in [0.1, 0.15) is 22.5 Å². The molecule has 2 aromatic rings. The fourth-order valence-corrected chi connectivity index (χ4v) is 3.17. The highest BCUT2D eigenvalue weighted by Crippen LogP contribution is 2.18. The highest BCUT2D eigenvalue weighted by molar-refractivity contribution is 6.31. The van der Waals surface area contributed by atoms with Crippen molar-refractivity contribution in [2.45, 2.75) is 20.4 Å². The van der Waals surface area contributed by atoms with Crippen LogP contribution in [0, 0.1) is 13.8 Å². The molecular weight excluding hydrogens is 322 g/mol. The zero-order valence-corrected chi connectivity index (χ0v) is 15.3. The molecule has 0 unspecified atom stereocenters. The maximum absolute atomic E-state index is 6.27. The lowest BCUT2D eigenvalue weighted by Crippen LogP contribution is -3.11. The fourth-order valence-electron chi connectivity index (χ4n) is 2.97. The molecule has 0 radical (unpaired) electrons. The molecule has 6 heteroatoms. The van der Waals surface area contributed by atoms with E-state index in [9.17, 15) is 0 Å². The minimum absolute atomic E-state index is 0.679. The Hall–Kier alpha value is -1.85. The Bertz CT molecular complexity index is 729. The number of aromatic nitrogens is 2. The first kappa shape index (κ1) is 17.0. The van der Waals surface area contributed by atoms with Gasteiger partial charge in [-0.25, -0.2) is 0 Å². The number of benzene rings is 1. The van der Waals surface area contributed by atoms with Gasteiger partial charge in [-0.05, 0) is 25.5 Å². The Labute approximate surface area is 148 Å². The third-order valence-electron chi connectivity index (χ3n) is 4.66. The van der Waals surface area contributed by atoms with Crippen molar-refractivity contribution in [3.05, 3.63) is 51.8 Å². The summed E-state index contributed by atoms with van der Waals surface area (Å²) in [5.41, 5.74) is 4.31. The number of likely N-dealkylation sites (N-methyl/N-ethyl adjacent to an activating group) is 1. The van der Waals surface area contributed by atoms with Crippen molar-refractivity contribution in [2.24, 2.45) is 5.10 Å². The summed E-state index contributed by atoms with van der Waals surface area (Å²) in [7, 11) is 2.23. The molecule has 1 fully saturated rings. The van der Waals surface area contributed by atoms with Crippen LogP contribution in [-0.4, -0.2) is 54.2 Å². The van der Waals surface area contributed by atoms with Crippen LogP contribution in [0.4, 0.5) is 0 Å². The number of piperazine rings is 1. The zero-order valence-electron chi connectivity index (χ0n) is 14.6. The monoisotopic (exact) mass is 346 g/mol. The van der Waals surface area contributed by atoms with Gasteiger partial charge in [0, 0.05) is 16.3 Å². The van der Waals surface area contributed by atoms with E-state index in [1.54, 1.807) is 4.90 Å². The fraction of sp³-hybridized carbons (Fsp3) is 0.444. The van der Waals surface area contributed by atoms with Crippen molar-refractivity contribution in [3.63, 3.8) is 0 Å². The van der Waals surface area contributed by atoms with Gasteiger partial charge in [0.05, 0.1) is 51.7 Å². The highest BCUT2D eigenvalue weighted by atomic mass is 35.5. The number of nitrogens with one attached hydrogen (secondary N) is 1. The Morgan fingerprint density at radius 2 is 1.96 bits per heavy atom. The van der Waals surface area contributed by atoms with Crippen LogP contribution in [0.15, 0.2) is 29.4 Å². The Kier molecular flexibility index (Phi) is 5.21. The first-order valence-electron chi connectivity index (χ1n) is 8.42. The van der Waals surface area contributed by atoms with E-state index < -0.39 is 0 Å². The number of hydrazone groups is 1. The van der Waals surface area contributed by atoms with Crippen LogP contribution in [0.2, 0.25) is 5.02 Å². The molecule has 0 saturated carbocycles. The van der Waals surface area contributed by atoms with Gasteiger partial charge in [-0.2, -0.15) is 10.2 Å². The number of hydrogen-bond donors (Lipinski definition) is 1. The van der Waals surface area contributed by atoms with Crippen LogP contribution < -0.4 is 4.90 Å². The van der Waals surface area contributed by atoms with Gasteiger partial charge in [0.25, 0.3) is 0 Å². The number of hydrogen-bond acceptors (Lipinski definition) is 3. The molecular formula is C18H25ClN5+. The Morgan fingerprint density at radius 1 is 1.25 bits per heavy atom. The first-order valence-corrected chi connectivity index (χ1v) is 8.80. The highest BCUT2D eigenvalue weighted by Gasteiger charge is 2.15. The SMILES string of the molecule is Cc1nn(Cc2ccccc2Cl)c(C)c1/C=N\N1CC[NH+](C)CC1. The van der Waals surface area contributed by atoms with Gasteiger partial charge in [-0.1, -0.05) is 29.8 Å².